The minimum absolute atomic E-state index is 0.799. The molecule has 3 nitrogen and oxygen atoms in total. The highest BCUT2D eigenvalue weighted by Crippen LogP contribution is 2.10. The lowest BCUT2D eigenvalue weighted by Crippen LogP contribution is -2.18. The van der Waals surface area contributed by atoms with E-state index in [2.05, 4.69) is 41.3 Å². The summed E-state index contributed by atoms with van der Waals surface area (Å²) >= 11 is 0. The van der Waals surface area contributed by atoms with Crippen molar-refractivity contribution < 1.29 is 4.74 Å². The molecule has 1 N–H and O–H groups in total. The van der Waals surface area contributed by atoms with E-state index in [-0.39, 0.29) is 0 Å². The summed E-state index contributed by atoms with van der Waals surface area (Å²) in [6.45, 7) is 3.70. The summed E-state index contributed by atoms with van der Waals surface area (Å²) in [6.07, 6.45) is 6.55. The van der Waals surface area contributed by atoms with E-state index in [0.717, 1.165) is 39.1 Å². The second kappa shape index (κ2) is 5.87. The van der Waals surface area contributed by atoms with Crippen LogP contribution in [0, 0.1) is 0 Å². The first-order valence-electron chi connectivity index (χ1n) is 5.93. The molecule has 0 bridgehead atoms. The molecular weight excluding hydrogens is 200 g/mol. The third-order valence-corrected chi connectivity index (χ3v) is 3.04. The fourth-order valence-electron chi connectivity index (χ4n) is 1.94. The van der Waals surface area contributed by atoms with E-state index in [1.54, 1.807) is 0 Å². The van der Waals surface area contributed by atoms with Crippen molar-refractivity contribution in [2.45, 2.75) is 19.4 Å². The molecule has 0 radical (unpaired) electrons. The van der Waals surface area contributed by atoms with Gasteiger partial charge in [-0.2, -0.15) is 0 Å². The lowest BCUT2D eigenvalue weighted by Gasteiger charge is -2.13. The van der Waals surface area contributed by atoms with E-state index in [9.17, 15) is 0 Å². The highest BCUT2D eigenvalue weighted by Gasteiger charge is 2.03. The van der Waals surface area contributed by atoms with Crippen LogP contribution in [0.5, 0.6) is 0 Å². The van der Waals surface area contributed by atoms with Crippen LogP contribution in [0.3, 0.4) is 0 Å². The molecule has 0 aromatic carbocycles. The van der Waals surface area contributed by atoms with Crippen molar-refractivity contribution >= 4 is 0 Å². The Morgan fingerprint density at radius 2 is 2.44 bits per heavy atom. The first kappa shape index (κ1) is 11.4. The van der Waals surface area contributed by atoms with E-state index in [1.165, 1.54) is 11.3 Å². The van der Waals surface area contributed by atoms with Gasteiger partial charge in [-0.15, -0.1) is 0 Å². The molecule has 3 heteroatoms. The minimum atomic E-state index is 0.799. The largest absolute Gasteiger partial charge is 0.377 e. The highest BCUT2D eigenvalue weighted by atomic mass is 16.5. The predicted octanol–water partition coefficient (Wildman–Crippen LogP) is 1.85. The first-order chi connectivity index (χ1) is 7.86. The molecule has 0 fully saturated rings. The average Bonchev–Trinajstić information content (AvgIpc) is 2.72. The maximum Gasteiger partial charge on any atom is 0.0650 e. The zero-order chi connectivity index (χ0) is 11.2. The van der Waals surface area contributed by atoms with Crippen LogP contribution in [0.2, 0.25) is 0 Å². The Morgan fingerprint density at radius 1 is 1.50 bits per heavy atom. The number of nitrogens with one attached hydrogen (secondary N) is 1. The molecule has 0 amide bonds. The summed E-state index contributed by atoms with van der Waals surface area (Å²) in [4.78, 5) is 0. The quantitative estimate of drug-likeness (QED) is 0.605. The summed E-state index contributed by atoms with van der Waals surface area (Å²) in [5.74, 6) is 0. The van der Waals surface area contributed by atoms with Gasteiger partial charge in [0.25, 0.3) is 0 Å². The van der Waals surface area contributed by atoms with Crippen LogP contribution in [0.1, 0.15) is 18.5 Å². The maximum absolute atomic E-state index is 5.28. The van der Waals surface area contributed by atoms with Gasteiger partial charge < -0.3 is 14.6 Å². The summed E-state index contributed by atoms with van der Waals surface area (Å²) in [5, 5.41) is 3.47. The molecule has 1 aliphatic rings. The van der Waals surface area contributed by atoms with Crippen molar-refractivity contribution in [3.05, 3.63) is 35.7 Å². The van der Waals surface area contributed by atoms with Crippen LogP contribution in [0.15, 0.2) is 30.0 Å². The normalized spacial score (nSPS) is 16.2. The van der Waals surface area contributed by atoms with Crippen molar-refractivity contribution in [1.82, 2.24) is 9.88 Å². The molecule has 0 unspecified atom stereocenters. The fraction of sp³-hybridized carbons (Fsp3) is 0.538. The molecule has 1 aromatic heterocycles. The Kier molecular flexibility index (Phi) is 4.19. The fourth-order valence-corrected chi connectivity index (χ4v) is 1.94. The van der Waals surface area contributed by atoms with Crippen molar-refractivity contribution in [3.63, 3.8) is 0 Å². The molecular formula is C13H20N2O. The number of rotatable bonds is 5. The molecule has 0 saturated heterocycles. The van der Waals surface area contributed by atoms with Crippen molar-refractivity contribution in [2.75, 3.05) is 19.8 Å². The lowest BCUT2D eigenvalue weighted by atomic mass is 10.1. The van der Waals surface area contributed by atoms with Gasteiger partial charge >= 0.3 is 0 Å². The molecule has 1 aliphatic heterocycles. The van der Waals surface area contributed by atoms with Crippen LogP contribution >= 0.6 is 0 Å². The smallest absolute Gasteiger partial charge is 0.0650 e. The third kappa shape index (κ3) is 3.22. The molecule has 0 spiro atoms. The van der Waals surface area contributed by atoms with E-state index >= 15 is 0 Å². The SMILES string of the molecule is Cn1cccc1CNCCC1=CCOCC1. The molecule has 1 aromatic rings. The van der Waals surface area contributed by atoms with Gasteiger partial charge in [0, 0.05) is 25.5 Å². The van der Waals surface area contributed by atoms with Gasteiger partial charge in [0.1, 0.15) is 0 Å². The van der Waals surface area contributed by atoms with Crippen LogP contribution < -0.4 is 5.32 Å². The van der Waals surface area contributed by atoms with Gasteiger partial charge in [0.2, 0.25) is 0 Å². The van der Waals surface area contributed by atoms with Crippen molar-refractivity contribution in [1.29, 1.82) is 0 Å². The zero-order valence-corrected chi connectivity index (χ0v) is 9.91. The molecule has 0 atom stereocenters. The van der Waals surface area contributed by atoms with Crippen molar-refractivity contribution in [2.24, 2.45) is 7.05 Å². The standard InChI is InChI=1S/C13H20N2O/c1-15-8-2-3-13(15)11-14-7-4-12-5-9-16-10-6-12/h2-3,5,8,14H,4,6-7,9-11H2,1H3. The molecule has 16 heavy (non-hydrogen) atoms. The van der Waals surface area contributed by atoms with Gasteiger partial charge in [-0.25, -0.2) is 0 Å². The summed E-state index contributed by atoms with van der Waals surface area (Å²) in [7, 11) is 2.08. The Labute approximate surface area is 97.1 Å². The van der Waals surface area contributed by atoms with Crippen LogP contribution in [0.4, 0.5) is 0 Å². The number of hydrogen-bond acceptors (Lipinski definition) is 2. The summed E-state index contributed by atoms with van der Waals surface area (Å²) < 4.78 is 7.43. The second-order valence-electron chi connectivity index (χ2n) is 4.22. The Bertz CT molecular complexity index is 355. The van der Waals surface area contributed by atoms with Crippen LogP contribution in [-0.4, -0.2) is 24.3 Å². The van der Waals surface area contributed by atoms with Crippen LogP contribution in [0.25, 0.3) is 0 Å². The number of aromatic nitrogens is 1. The number of hydrogen-bond donors (Lipinski definition) is 1. The minimum Gasteiger partial charge on any atom is -0.377 e. The van der Waals surface area contributed by atoms with E-state index in [1.807, 2.05) is 0 Å². The van der Waals surface area contributed by atoms with E-state index in [4.69, 9.17) is 4.74 Å². The Hall–Kier alpha value is -1.06. The maximum atomic E-state index is 5.28. The van der Waals surface area contributed by atoms with Gasteiger partial charge in [-0.1, -0.05) is 11.6 Å². The number of nitrogens with zero attached hydrogens (tertiary/aromatic N) is 1. The van der Waals surface area contributed by atoms with Crippen molar-refractivity contribution in [3.8, 4) is 0 Å². The average molecular weight is 220 g/mol. The van der Waals surface area contributed by atoms with E-state index in [0.29, 0.717) is 0 Å². The third-order valence-electron chi connectivity index (χ3n) is 3.04. The molecule has 2 rings (SSSR count). The first-order valence-corrected chi connectivity index (χ1v) is 5.93. The molecule has 2 heterocycles. The Morgan fingerprint density at radius 3 is 3.12 bits per heavy atom. The van der Waals surface area contributed by atoms with Gasteiger partial charge in [0.05, 0.1) is 13.2 Å². The van der Waals surface area contributed by atoms with E-state index < -0.39 is 0 Å². The molecule has 0 aliphatic carbocycles. The van der Waals surface area contributed by atoms with Gasteiger partial charge in [-0.05, 0) is 31.5 Å². The Balaban J connectivity index is 1.65. The monoisotopic (exact) mass is 220 g/mol. The predicted molar refractivity (Wildman–Crippen MR) is 65.3 cm³/mol. The van der Waals surface area contributed by atoms with Crippen LogP contribution in [-0.2, 0) is 18.3 Å². The topological polar surface area (TPSA) is 26.2 Å². The van der Waals surface area contributed by atoms with Gasteiger partial charge in [-0.3, -0.25) is 0 Å². The highest BCUT2D eigenvalue weighted by molar-refractivity contribution is 5.07. The summed E-state index contributed by atoms with van der Waals surface area (Å²) in [6, 6.07) is 4.23. The summed E-state index contributed by atoms with van der Waals surface area (Å²) in [5.41, 5.74) is 2.87. The number of aryl methyl sites for hydroxylation is 1. The van der Waals surface area contributed by atoms with Gasteiger partial charge in [0.15, 0.2) is 0 Å². The lowest BCUT2D eigenvalue weighted by molar-refractivity contribution is 0.153. The zero-order valence-electron chi connectivity index (χ0n) is 9.91. The molecule has 88 valence electrons. The number of ether oxygens (including phenoxy) is 1. The second-order valence-corrected chi connectivity index (χ2v) is 4.22. The molecule has 0 saturated carbocycles.